The second kappa shape index (κ2) is 5.46. The first-order valence-corrected chi connectivity index (χ1v) is 6.88. The van der Waals surface area contributed by atoms with Crippen LogP contribution in [0.2, 0.25) is 0 Å². The highest BCUT2D eigenvalue weighted by Crippen LogP contribution is 2.25. The van der Waals surface area contributed by atoms with Crippen LogP contribution in [0.1, 0.15) is 16.8 Å². The van der Waals surface area contributed by atoms with Crippen LogP contribution in [0.25, 0.3) is 0 Å². The van der Waals surface area contributed by atoms with Crippen LogP contribution in [0.3, 0.4) is 0 Å². The van der Waals surface area contributed by atoms with Gasteiger partial charge in [0.05, 0.1) is 5.69 Å². The predicted octanol–water partition coefficient (Wildman–Crippen LogP) is 2.22. The van der Waals surface area contributed by atoms with Crippen LogP contribution in [-0.4, -0.2) is 23.6 Å². The van der Waals surface area contributed by atoms with Crippen molar-refractivity contribution in [1.29, 1.82) is 0 Å². The molecule has 0 saturated heterocycles. The van der Waals surface area contributed by atoms with Gasteiger partial charge in [0.2, 0.25) is 5.95 Å². The lowest BCUT2D eigenvalue weighted by molar-refractivity contribution is 0.629. The first kappa shape index (κ1) is 12.9. The van der Waals surface area contributed by atoms with Gasteiger partial charge in [-0.25, -0.2) is 4.98 Å². The van der Waals surface area contributed by atoms with Gasteiger partial charge in [-0.2, -0.15) is 4.98 Å². The van der Waals surface area contributed by atoms with Crippen LogP contribution in [0.15, 0.2) is 24.3 Å². The molecular formula is C15H19N5. The van der Waals surface area contributed by atoms with Crippen LogP contribution < -0.4 is 16.0 Å². The number of anilines is 3. The molecule has 0 atom stereocenters. The third-order valence-corrected chi connectivity index (χ3v) is 3.44. The van der Waals surface area contributed by atoms with E-state index in [0.29, 0.717) is 5.95 Å². The Hall–Kier alpha value is -2.14. The molecule has 0 fully saturated rings. The van der Waals surface area contributed by atoms with E-state index in [9.17, 15) is 0 Å². The Balaban J connectivity index is 1.99. The number of nitrogens with zero attached hydrogens (tertiary/aromatic N) is 2. The zero-order valence-corrected chi connectivity index (χ0v) is 11.8. The lowest BCUT2D eigenvalue weighted by atomic mass is 10.1. The number of hydrogen-bond donors (Lipinski definition) is 3. The van der Waals surface area contributed by atoms with Crippen molar-refractivity contribution in [3.05, 3.63) is 41.1 Å². The summed E-state index contributed by atoms with van der Waals surface area (Å²) >= 11 is 0. The van der Waals surface area contributed by atoms with Gasteiger partial charge in [-0.3, -0.25) is 0 Å². The summed E-state index contributed by atoms with van der Waals surface area (Å²) in [6, 6.07) is 8.30. The lowest BCUT2D eigenvalue weighted by Gasteiger charge is -2.20. The molecule has 104 valence electrons. The fourth-order valence-electron chi connectivity index (χ4n) is 2.42. The molecule has 0 unspecified atom stereocenters. The van der Waals surface area contributed by atoms with Crippen LogP contribution in [0.4, 0.5) is 17.5 Å². The zero-order valence-electron chi connectivity index (χ0n) is 11.8. The quantitative estimate of drug-likeness (QED) is 0.797. The van der Waals surface area contributed by atoms with E-state index < -0.39 is 0 Å². The maximum absolute atomic E-state index is 4.56. The summed E-state index contributed by atoms with van der Waals surface area (Å²) in [6.45, 7) is 3.87. The van der Waals surface area contributed by atoms with E-state index in [-0.39, 0.29) is 0 Å². The number of fused-ring (bicyclic) bond motifs is 1. The summed E-state index contributed by atoms with van der Waals surface area (Å²) in [5.41, 5.74) is 4.57. The molecule has 2 heterocycles. The first-order chi connectivity index (χ1) is 9.76. The van der Waals surface area contributed by atoms with Gasteiger partial charge < -0.3 is 16.0 Å². The van der Waals surface area contributed by atoms with Crippen molar-refractivity contribution in [3.63, 3.8) is 0 Å². The summed E-state index contributed by atoms with van der Waals surface area (Å²) in [6.07, 6.45) is 0.940. The van der Waals surface area contributed by atoms with E-state index in [0.717, 1.165) is 42.3 Å². The maximum atomic E-state index is 4.56. The average molecular weight is 269 g/mol. The van der Waals surface area contributed by atoms with E-state index >= 15 is 0 Å². The largest absolute Gasteiger partial charge is 0.357 e. The van der Waals surface area contributed by atoms with Gasteiger partial charge in [-0.1, -0.05) is 12.1 Å². The molecule has 0 amide bonds. The Morgan fingerprint density at radius 1 is 1.25 bits per heavy atom. The van der Waals surface area contributed by atoms with Crippen molar-refractivity contribution in [3.8, 4) is 0 Å². The molecule has 1 aromatic heterocycles. The Morgan fingerprint density at radius 3 is 2.95 bits per heavy atom. The monoisotopic (exact) mass is 269 g/mol. The van der Waals surface area contributed by atoms with Gasteiger partial charge in [0.15, 0.2) is 0 Å². The van der Waals surface area contributed by atoms with Gasteiger partial charge in [-0.15, -0.1) is 0 Å². The highest BCUT2D eigenvalue weighted by atomic mass is 15.1. The number of benzene rings is 1. The summed E-state index contributed by atoms with van der Waals surface area (Å²) in [5.74, 6) is 1.55. The molecule has 0 bridgehead atoms. The average Bonchev–Trinajstić information content (AvgIpc) is 2.47. The summed E-state index contributed by atoms with van der Waals surface area (Å²) in [5, 5.41) is 9.82. The van der Waals surface area contributed by atoms with Crippen LogP contribution in [-0.2, 0) is 13.0 Å². The number of aromatic nitrogens is 2. The molecule has 1 aliphatic rings. The predicted molar refractivity (Wildman–Crippen MR) is 81.5 cm³/mol. The molecule has 1 aliphatic heterocycles. The van der Waals surface area contributed by atoms with Crippen molar-refractivity contribution >= 4 is 17.5 Å². The fourth-order valence-corrected chi connectivity index (χ4v) is 2.42. The molecular weight excluding hydrogens is 250 g/mol. The molecule has 5 heteroatoms. The van der Waals surface area contributed by atoms with E-state index in [1.165, 1.54) is 5.56 Å². The molecule has 2 aromatic rings. The zero-order chi connectivity index (χ0) is 13.9. The van der Waals surface area contributed by atoms with Crippen LogP contribution in [0.5, 0.6) is 0 Å². The highest BCUT2D eigenvalue weighted by molar-refractivity contribution is 5.62. The smallest absolute Gasteiger partial charge is 0.224 e. The van der Waals surface area contributed by atoms with Gasteiger partial charge in [0.1, 0.15) is 5.82 Å². The summed E-state index contributed by atoms with van der Waals surface area (Å²) < 4.78 is 0. The third-order valence-electron chi connectivity index (χ3n) is 3.44. The van der Waals surface area contributed by atoms with Gasteiger partial charge in [0.25, 0.3) is 0 Å². The van der Waals surface area contributed by atoms with E-state index in [4.69, 9.17) is 0 Å². The number of hydrogen-bond acceptors (Lipinski definition) is 5. The van der Waals surface area contributed by atoms with Crippen molar-refractivity contribution in [2.75, 3.05) is 24.2 Å². The second-order valence-electron chi connectivity index (χ2n) is 4.99. The third kappa shape index (κ3) is 2.58. The first-order valence-electron chi connectivity index (χ1n) is 6.88. The molecule has 1 aromatic carbocycles. The summed E-state index contributed by atoms with van der Waals surface area (Å²) in [4.78, 5) is 9.11. The van der Waals surface area contributed by atoms with E-state index in [2.05, 4.69) is 51.0 Å². The van der Waals surface area contributed by atoms with Gasteiger partial charge >= 0.3 is 0 Å². The minimum atomic E-state index is 0.667. The minimum Gasteiger partial charge on any atom is -0.357 e. The van der Waals surface area contributed by atoms with Crippen LogP contribution in [0, 0.1) is 6.92 Å². The standard InChI is InChI=1S/C15H19N5/c1-10-4-3-5-11(8-10)18-14-12-9-17-7-6-13(12)19-15(16-2)20-14/h3-5,8,17H,6-7,9H2,1-2H3,(H2,16,18,19,20). The molecule has 0 saturated carbocycles. The molecule has 0 aliphatic carbocycles. The Kier molecular flexibility index (Phi) is 3.52. The molecule has 3 N–H and O–H groups in total. The van der Waals surface area contributed by atoms with Gasteiger partial charge in [-0.05, 0) is 24.6 Å². The molecule has 3 rings (SSSR count). The van der Waals surface area contributed by atoms with Crippen LogP contribution >= 0.6 is 0 Å². The summed E-state index contributed by atoms with van der Waals surface area (Å²) in [7, 11) is 1.85. The normalized spacial score (nSPS) is 13.7. The Labute approximate surface area is 118 Å². The second-order valence-corrected chi connectivity index (χ2v) is 4.99. The molecule has 5 nitrogen and oxygen atoms in total. The van der Waals surface area contributed by atoms with E-state index in [1.54, 1.807) is 0 Å². The molecule has 0 radical (unpaired) electrons. The van der Waals surface area contributed by atoms with Crippen molar-refractivity contribution < 1.29 is 0 Å². The SMILES string of the molecule is CNc1nc2c(c(Nc3cccc(C)c3)n1)CNCC2. The molecule has 0 spiro atoms. The number of aryl methyl sites for hydroxylation is 1. The molecule has 20 heavy (non-hydrogen) atoms. The highest BCUT2D eigenvalue weighted by Gasteiger charge is 2.17. The maximum Gasteiger partial charge on any atom is 0.224 e. The van der Waals surface area contributed by atoms with E-state index in [1.807, 2.05) is 13.1 Å². The Morgan fingerprint density at radius 2 is 2.15 bits per heavy atom. The van der Waals surface area contributed by atoms with Crippen molar-refractivity contribution in [1.82, 2.24) is 15.3 Å². The van der Waals surface area contributed by atoms with Crippen molar-refractivity contribution in [2.45, 2.75) is 19.9 Å². The van der Waals surface area contributed by atoms with Crippen molar-refractivity contribution in [2.24, 2.45) is 0 Å². The number of rotatable bonds is 3. The number of nitrogens with one attached hydrogen (secondary N) is 3. The van der Waals surface area contributed by atoms with Gasteiger partial charge in [0, 0.05) is 37.8 Å². The Bertz CT molecular complexity index is 624. The lowest BCUT2D eigenvalue weighted by Crippen LogP contribution is -2.26. The fraction of sp³-hybridized carbons (Fsp3) is 0.333. The minimum absolute atomic E-state index is 0.667. The topological polar surface area (TPSA) is 61.9 Å².